The molecule has 0 aliphatic heterocycles. The van der Waals surface area contributed by atoms with Gasteiger partial charge in [-0.3, -0.25) is 0 Å². The monoisotopic (exact) mass is 292 g/mol. The van der Waals surface area contributed by atoms with Crippen LogP contribution in [0.25, 0.3) is 4.85 Å². The Labute approximate surface area is 155 Å². The number of carboxylic acid groups (broad SMARTS) is 1. The van der Waals surface area contributed by atoms with Gasteiger partial charge in [0.2, 0.25) is 6.54 Å². The number of carbonyl (C=O) groups is 2. The van der Waals surface area contributed by atoms with E-state index in [-0.39, 0.29) is 57.9 Å². The van der Waals surface area contributed by atoms with Crippen molar-refractivity contribution >= 4 is 12.1 Å². The third-order valence-corrected chi connectivity index (χ3v) is 1.83. The van der Waals surface area contributed by atoms with E-state index in [0.29, 0.717) is 0 Å². The summed E-state index contributed by atoms with van der Waals surface area (Å²) in [6, 6.07) is 0. The van der Waals surface area contributed by atoms with E-state index in [1.54, 1.807) is 20.8 Å². The summed E-state index contributed by atoms with van der Waals surface area (Å²) >= 11 is 0. The van der Waals surface area contributed by atoms with Gasteiger partial charge in [0.15, 0.2) is 0 Å². The minimum absolute atomic E-state index is 0. The van der Waals surface area contributed by atoms with Crippen LogP contribution in [0.1, 0.15) is 27.7 Å². The smallest absolute Gasteiger partial charge is 0.547 e. The fourth-order valence-electron chi connectivity index (χ4n) is 1.02. The Morgan fingerprint density at radius 3 is 2.26 bits per heavy atom. The third-order valence-electron chi connectivity index (χ3n) is 1.83. The van der Waals surface area contributed by atoms with Crippen molar-refractivity contribution in [2.24, 2.45) is 0 Å². The van der Waals surface area contributed by atoms with Crippen LogP contribution in [-0.4, -0.2) is 29.7 Å². The molecule has 0 fully saturated rings. The summed E-state index contributed by atoms with van der Waals surface area (Å²) in [4.78, 5) is 25.5. The molecule has 7 heteroatoms. The Hall–Kier alpha value is -0.394. The Balaban J connectivity index is 0. The molecule has 6 nitrogen and oxygen atoms in total. The van der Waals surface area contributed by atoms with Crippen molar-refractivity contribution in [3.05, 3.63) is 23.6 Å². The first-order chi connectivity index (χ1) is 8.10. The first-order valence-corrected chi connectivity index (χ1v) is 5.34. The molecule has 0 saturated carbocycles. The zero-order chi connectivity index (χ0) is 14.4. The van der Waals surface area contributed by atoms with Crippen LogP contribution in [-0.2, 0) is 9.53 Å². The van der Waals surface area contributed by atoms with E-state index in [9.17, 15) is 14.7 Å². The standard InChI is InChI=1S/C12H18N2O4.K/c1-11(2,3)18-10(17)14-12(4,9(15)16)7-6-8-13-5;/h6-7H,8H2,1-4H3,(H,14,17)(H,15,16);/q;+1/p-1/b7-6+;. The van der Waals surface area contributed by atoms with Crippen molar-refractivity contribution in [1.29, 1.82) is 0 Å². The number of alkyl carbamates (subject to hydrolysis) is 1. The largest absolute Gasteiger partial charge is 1.00 e. The summed E-state index contributed by atoms with van der Waals surface area (Å²) in [6.45, 7) is 12.9. The Bertz CT molecular complexity index is 396. The van der Waals surface area contributed by atoms with E-state index in [0.717, 1.165) is 0 Å². The molecule has 0 rings (SSSR count). The second-order valence-electron chi connectivity index (χ2n) is 4.86. The molecule has 0 saturated heterocycles. The van der Waals surface area contributed by atoms with E-state index in [1.807, 2.05) is 0 Å². The van der Waals surface area contributed by atoms with Gasteiger partial charge in [0.1, 0.15) is 5.60 Å². The van der Waals surface area contributed by atoms with Crippen molar-refractivity contribution in [3.8, 4) is 0 Å². The summed E-state index contributed by atoms with van der Waals surface area (Å²) in [5, 5.41) is 13.2. The number of carboxylic acids is 1. The molecule has 1 atom stereocenters. The fourth-order valence-corrected chi connectivity index (χ4v) is 1.02. The first kappa shape index (κ1) is 20.9. The third kappa shape index (κ3) is 9.19. The molecule has 0 radical (unpaired) electrons. The van der Waals surface area contributed by atoms with Crippen molar-refractivity contribution in [3.63, 3.8) is 0 Å². The summed E-state index contributed by atoms with van der Waals surface area (Å²) in [6.07, 6.45) is 1.69. The average molecular weight is 292 g/mol. The number of aliphatic carboxylic acids is 1. The summed E-state index contributed by atoms with van der Waals surface area (Å²) < 4.78 is 4.95. The molecule has 0 bridgehead atoms. The maximum atomic E-state index is 11.5. The molecular weight excluding hydrogens is 275 g/mol. The minimum Gasteiger partial charge on any atom is -0.547 e. The van der Waals surface area contributed by atoms with Crippen LogP contribution >= 0.6 is 0 Å². The minimum atomic E-state index is -1.70. The molecule has 0 aromatic rings. The predicted octanol–water partition coefficient (Wildman–Crippen LogP) is -2.50. The SMILES string of the molecule is [C-]#[N+]C/C=C/C(C)(NC(=O)OC(C)(C)C)C(=O)[O-].[K+]. The molecule has 1 amide bonds. The van der Waals surface area contributed by atoms with E-state index in [1.165, 1.54) is 19.1 Å². The summed E-state index contributed by atoms with van der Waals surface area (Å²) in [5.41, 5.74) is -2.43. The molecular formula is C12H17KN2O4. The van der Waals surface area contributed by atoms with Crippen molar-refractivity contribution < 1.29 is 70.8 Å². The van der Waals surface area contributed by atoms with Gasteiger partial charge in [-0.25, -0.2) is 11.4 Å². The van der Waals surface area contributed by atoms with Crippen LogP contribution < -0.4 is 61.8 Å². The Kier molecular flexibility index (Phi) is 9.59. The van der Waals surface area contributed by atoms with Gasteiger partial charge in [0, 0.05) is 0 Å². The number of nitrogens with one attached hydrogen (secondary N) is 1. The predicted molar refractivity (Wildman–Crippen MR) is 63.4 cm³/mol. The molecule has 0 aromatic carbocycles. The van der Waals surface area contributed by atoms with Crippen LogP contribution in [0.3, 0.4) is 0 Å². The molecule has 0 aliphatic carbocycles. The number of ether oxygens (including phenoxy) is 1. The van der Waals surface area contributed by atoms with Gasteiger partial charge in [-0.2, -0.15) is 0 Å². The van der Waals surface area contributed by atoms with Gasteiger partial charge >= 0.3 is 57.5 Å². The van der Waals surface area contributed by atoms with E-state index in [2.05, 4.69) is 10.2 Å². The van der Waals surface area contributed by atoms with Crippen LogP contribution in [0.4, 0.5) is 4.79 Å². The molecule has 100 valence electrons. The van der Waals surface area contributed by atoms with Crippen LogP contribution in [0.15, 0.2) is 12.2 Å². The van der Waals surface area contributed by atoms with Gasteiger partial charge in [0.05, 0.1) is 11.5 Å². The Morgan fingerprint density at radius 2 is 1.89 bits per heavy atom. The fraction of sp³-hybridized carbons (Fsp3) is 0.583. The summed E-state index contributed by atoms with van der Waals surface area (Å²) in [7, 11) is 0. The van der Waals surface area contributed by atoms with Crippen LogP contribution in [0, 0.1) is 6.57 Å². The molecule has 19 heavy (non-hydrogen) atoms. The van der Waals surface area contributed by atoms with Gasteiger partial charge in [-0.15, -0.1) is 0 Å². The van der Waals surface area contributed by atoms with E-state index >= 15 is 0 Å². The number of amides is 1. The topological polar surface area (TPSA) is 82.8 Å². The Morgan fingerprint density at radius 1 is 1.37 bits per heavy atom. The molecule has 1 unspecified atom stereocenters. The maximum Gasteiger partial charge on any atom is 1.00 e. The average Bonchev–Trinajstić information content (AvgIpc) is 2.14. The molecule has 0 aliphatic rings. The zero-order valence-electron chi connectivity index (χ0n) is 11.9. The van der Waals surface area contributed by atoms with Crippen molar-refractivity contribution in [2.45, 2.75) is 38.8 Å². The van der Waals surface area contributed by atoms with Crippen molar-refractivity contribution in [1.82, 2.24) is 5.32 Å². The summed E-state index contributed by atoms with van der Waals surface area (Å²) in [5.74, 6) is -1.48. The molecule has 0 aromatic heterocycles. The normalized spacial score (nSPS) is 13.8. The van der Waals surface area contributed by atoms with Gasteiger partial charge in [-0.1, -0.05) is 6.08 Å². The van der Waals surface area contributed by atoms with Crippen LogP contribution in [0.5, 0.6) is 0 Å². The van der Waals surface area contributed by atoms with Crippen molar-refractivity contribution in [2.75, 3.05) is 6.54 Å². The maximum absolute atomic E-state index is 11.5. The first-order valence-electron chi connectivity index (χ1n) is 5.34. The number of hydrogen-bond donors (Lipinski definition) is 1. The quantitative estimate of drug-likeness (QED) is 0.353. The number of nitrogens with zero attached hydrogens (tertiary/aromatic N) is 1. The van der Waals surface area contributed by atoms with Gasteiger partial charge in [0.25, 0.3) is 0 Å². The van der Waals surface area contributed by atoms with Gasteiger partial charge < -0.3 is 24.8 Å². The van der Waals surface area contributed by atoms with E-state index in [4.69, 9.17) is 11.3 Å². The second-order valence-corrected chi connectivity index (χ2v) is 4.86. The van der Waals surface area contributed by atoms with Crippen LogP contribution in [0.2, 0.25) is 0 Å². The number of hydrogen-bond acceptors (Lipinski definition) is 4. The molecule has 0 heterocycles. The van der Waals surface area contributed by atoms with E-state index < -0.39 is 23.2 Å². The molecule has 0 spiro atoms. The number of carbonyl (C=O) groups excluding carboxylic acids is 2. The second kappa shape index (κ2) is 8.71. The number of rotatable bonds is 4. The van der Waals surface area contributed by atoms with Gasteiger partial charge in [-0.05, 0) is 33.8 Å². The molecule has 1 N–H and O–H groups in total. The zero-order valence-corrected chi connectivity index (χ0v) is 15.1.